The first kappa shape index (κ1) is 12.7. The maximum Gasteiger partial charge on any atom is 0.335 e. The lowest BCUT2D eigenvalue weighted by Gasteiger charge is -2.06. The van der Waals surface area contributed by atoms with E-state index in [0.717, 1.165) is 0 Å². The van der Waals surface area contributed by atoms with E-state index in [0.29, 0.717) is 23.9 Å². The van der Waals surface area contributed by atoms with Gasteiger partial charge in [0.2, 0.25) is 5.88 Å². The van der Waals surface area contributed by atoms with Crippen molar-refractivity contribution < 1.29 is 14.6 Å². The molecule has 0 bridgehead atoms. The molecule has 0 aliphatic rings. The maximum atomic E-state index is 10.8. The third-order valence-electron chi connectivity index (χ3n) is 2.37. The van der Waals surface area contributed by atoms with Gasteiger partial charge < -0.3 is 15.2 Å². The molecule has 0 aliphatic carbocycles. The Labute approximate surface area is 109 Å². The molecule has 0 spiro atoms. The number of carboxylic acid groups (broad SMARTS) is 1. The van der Waals surface area contributed by atoms with Gasteiger partial charge in [0.15, 0.2) is 0 Å². The van der Waals surface area contributed by atoms with E-state index < -0.39 is 5.97 Å². The monoisotopic (exact) mass is 260 g/mol. The third-order valence-corrected chi connectivity index (χ3v) is 2.37. The first-order valence-electron chi connectivity index (χ1n) is 5.47. The number of pyridine rings is 1. The van der Waals surface area contributed by atoms with E-state index >= 15 is 0 Å². The predicted octanol–water partition coefficient (Wildman–Crippen LogP) is 1.19. The topological polar surface area (TPSA) is 97.2 Å². The van der Waals surface area contributed by atoms with Gasteiger partial charge in [-0.25, -0.2) is 14.8 Å². The summed E-state index contributed by atoms with van der Waals surface area (Å²) in [5, 5.41) is 11.9. The van der Waals surface area contributed by atoms with Gasteiger partial charge in [0, 0.05) is 12.3 Å². The summed E-state index contributed by atoms with van der Waals surface area (Å²) in [6, 6.07) is 4.59. The minimum Gasteiger partial charge on any atom is -0.481 e. The first-order chi connectivity index (χ1) is 9.19. The number of nitrogens with one attached hydrogen (secondary N) is 1. The highest BCUT2D eigenvalue weighted by molar-refractivity contribution is 5.87. The van der Waals surface area contributed by atoms with Gasteiger partial charge in [-0.15, -0.1) is 0 Å². The average Bonchev–Trinajstić information content (AvgIpc) is 2.45. The number of hydrogen-bond acceptors (Lipinski definition) is 6. The molecular formula is C12H12N4O3. The van der Waals surface area contributed by atoms with E-state index in [-0.39, 0.29) is 5.56 Å². The molecule has 2 rings (SSSR count). The molecule has 0 radical (unpaired) electrons. The summed E-state index contributed by atoms with van der Waals surface area (Å²) < 4.78 is 4.97. The normalized spacial score (nSPS) is 9.95. The molecule has 2 aromatic heterocycles. The number of carbonyl (C=O) groups is 1. The number of aromatic nitrogens is 3. The van der Waals surface area contributed by atoms with Crippen LogP contribution in [-0.2, 0) is 6.54 Å². The molecule has 2 aromatic rings. The second kappa shape index (κ2) is 5.76. The summed E-state index contributed by atoms with van der Waals surface area (Å²) in [5.74, 6) is 0.0477. The number of methoxy groups -OCH3 is 1. The summed E-state index contributed by atoms with van der Waals surface area (Å²) in [4.78, 5) is 22.8. The molecule has 2 N–H and O–H groups in total. The highest BCUT2D eigenvalue weighted by Gasteiger charge is 2.04. The molecule has 7 heteroatoms. The molecular weight excluding hydrogens is 248 g/mol. The van der Waals surface area contributed by atoms with Crippen LogP contribution in [0.1, 0.15) is 16.1 Å². The summed E-state index contributed by atoms with van der Waals surface area (Å²) >= 11 is 0. The van der Waals surface area contributed by atoms with Crippen molar-refractivity contribution in [1.82, 2.24) is 15.0 Å². The second-order valence-corrected chi connectivity index (χ2v) is 3.64. The molecule has 0 aliphatic heterocycles. The van der Waals surface area contributed by atoms with Crippen molar-refractivity contribution in [2.75, 3.05) is 12.4 Å². The molecule has 0 amide bonds. The Balaban J connectivity index is 2.05. The Morgan fingerprint density at radius 1 is 1.37 bits per heavy atom. The highest BCUT2D eigenvalue weighted by Crippen LogP contribution is 2.11. The molecule has 2 heterocycles. The second-order valence-electron chi connectivity index (χ2n) is 3.64. The highest BCUT2D eigenvalue weighted by atomic mass is 16.5. The smallest absolute Gasteiger partial charge is 0.335 e. The fourth-order valence-electron chi connectivity index (χ4n) is 1.44. The van der Waals surface area contributed by atoms with E-state index in [1.165, 1.54) is 31.8 Å². The van der Waals surface area contributed by atoms with Crippen molar-refractivity contribution in [3.63, 3.8) is 0 Å². The Morgan fingerprint density at radius 3 is 2.95 bits per heavy atom. The molecule has 0 saturated heterocycles. The molecule has 0 atom stereocenters. The molecule has 98 valence electrons. The zero-order valence-corrected chi connectivity index (χ0v) is 10.2. The number of nitrogens with zero attached hydrogens (tertiary/aromatic N) is 3. The van der Waals surface area contributed by atoms with Gasteiger partial charge >= 0.3 is 5.97 Å². The van der Waals surface area contributed by atoms with Crippen LogP contribution in [0.15, 0.2) is 30.7 Å². The van der Waals surface area contributed by atoms with Gasteiger partial charge in [-0.1, -0.05) is 0 Å². The summed E-state index contributed by atoms with van der Waals surface area (Å²) in [7, 11) is 1.52. The Hall–Kier alpha value is -2.70. The molecule has 0 fully saturated rings. The Kier molecular flexibility index (Phi) is 3.87. The van der Waals surface area contributed by atoms with Gasteiger partial charge in [0.05, 0.1) is 24.9 Å². The minimum atomic E-state index is -0.979. The summed E-state index contributed by atoms with van der Waals surface area (Å²) in [5.41, 5.74) is 0.810. The number of hydrogen-bond donors (Lipinski definition) is 2. The third kappa shape index (κ3) is 3.38. The zero-order chi connectivity index (χ0) is 13.7. The zero-order valence-electron chi connectivity index (χ0n) is 10.2. The van der Waals surface area contributed by atoms with Crippen LogP contribution >= 0.6 is 0 Å². The lowest BCUT2D eigenvalue weighted by atomic mass is 10.2. The quantitative estimate of drug-likeness (QED) is 0.833. The van der Waals surface area contributed by atoms with E-state index in [1.807, 2.05) is 0 Å². The van der Waals surface area contributed by atoms with E-state index in [9.17, 15) is 4.79 Å². The lowest BCUT2D eigenvalue weighted by Crippen LogP contribution is -2.06. The van der Waals surface area contributed by atoms with E-state index in [1.54, 1.807) is 6.07 Å². The van der Waals surface area contributed by atoms with E-state index in [4.69, 9.17) is 9.84 Å². The van der Waals surface area contributed by atoms with Gasteiger partial charge in [0.25, 0.3) is 0 Å². The number of rotatable bonds is 5. The summed E-state index contributed by atoms with van der Waals surface area (Å²) in [6.07, 6.45) is 2.84. The van der Waals surface area contributed by atoms with Crippen molar-refractivity contribution >= 4 is 11.8 Å². The van der Waals surface area contributed by atoms with Crippen molar-refractivity contribution in [1.29, 1.82) is 0 Å². The minimum absolute atomic E-state index is 0.201. The van der Waals surface area contributed by atoms with Crippen molar-refractivity contribution in [2.45, 2.75) is 6.54 Å². The molecule has 0 aromatic carbocycles. The summed E-state index contributed by atoms with van der Waals surface area (Å²) in [6.45, 7) is 0.362. The number of carboxylic acids is 1. The van der Waals surface area contributed by atoms with Gasteiger partial charge in [-0.05, 0) is 12.1 Å². The molecule has 7 nitrogen and oxygen atoms in total. The lowest BCUT2D eigenvalue weighted by molar-refractivity contribution is 0.0696. The van der Waals surface area contributed by atoms with Crippen molar-refractivity contribution in [3.8, 4) is 5.88 Å². The standard InChI is InChI=1S/C12H12N4O3/c1-19-11-5-10(15-7-16-11)14-6-9-4-8(12(17)18)2-3-13-9/h2-5,7H,6H2,1H3,(H,17,18)(H,14,15,16). The van der Waals surface area contributed by atoms with Gasteiger partial charge in [-0.2, -0.15) is 0 Å². The van der Waals surface area contributed by atoms with E-state index in [2.05, 4.69) is 20.3 Å². The maximum absolute atomic E-state index is 10.8. The average molecular weight is 260 g/mol. The molecule has 0 unspecified atom stereocenters. The number of aromatic carboxylic acids is 1. The van der Waals surface area contributed by atoms with Crippen molar-refractivity contribution in [2.24, 2.45) is 0 Å². The number of ether oxygens (including phenoxy) is 1. The Morgan fingerprint density at radius 2 is 2.21 bits per heavy atom. The number of anilines is 1. The van der Waals surface area contributed by atoms with Crippen LogP contribution in [0, 0.1) is 0 Å². The van der Waals surface area contributed by atoms with Gasteiger partial charge in [0.1, 0.15) is 12.1 Å². The fourth-order valence-corrected chi connectivity index (χ4v) is 1.44. The largest absolute Gasteiger partial charge is 0.481 e. The first-order valence-corrected chi connectivity index (χ1v) is 5.47. The Bertz CT molecular complexity index is 589. The predicted molar refractivity (Wildman–Crippen MR) is 67.1 cm³/mol. The molecule has 0 saturated carbocycles. The fraction of sp³-hybridized carbons (Fsp3) is 0.167. The van der Waals surface area contributed by atoms with Crippen LogP contribution in [0.25, 0.3) is 0 Å². The van der Waals surface area contributed by atoms with Crippen LogP contribution in [0.4, 0.5) is 5.82 Å². The SMILES string of the molecule is COc1cc(NCc2cc(C(=O)O)ccn2)ncn1. The van der Waals surface area contributed by atoms with Crippen molar-refractivity contribution in [3.05, 3.63) is 42.0 Å². The van der Waals surface area contributed by atoms with Crippen LogP contribution in [0.2, 0.25) is 0 Å². The van der Waals surface area contributed by atoms with Crippen LogP contribution in [0.5, 0.6) is 5.88 Å². The van der Waals surface area contributed by atoms with Crippen LogP contribution in [0.3, 0.4) is 0 Å². The van der Waals surface area contributed by atoms with Crippen LogP contribution < -0.4 is 10.1 Å². The van der Waals surface area contributed by atoms with Crippen LogP contribution in [-0.4, -0.2) is 33.1 Å². The molecule has 19 heavy (non-hydrogen) atoms. The van der Waals surface area contributed by atoms with Gasteiger partial charge in [-0.3, -0.25) is 4.98 Å².